The molecule has 8 rings (SSSR count). The summed E-state index contributed by atoms with van der Waals surface area (Å²) in [4.78, 5) is 24.3. The fourth-order valence-corrected chi connectivity index (χ4v) is 14.4. The van der Waals surface area contributed by atoms with Crippen LogP contribution in [0.15, 0.2) is 0 Å². The highest BCUT2D eigenvalue weighted by Gasteiger charge is 2.67. The second-order valence-corrected chi connectivity index (χ2v) is 16.8. The number of fused-ring (bicyclic) bond motifs is 13. The molecule has 8 aliphatic rings. The van der Waals surface area contributed by atoms with Crippen LogP contribution in [0.3, 0.4) is 0 Å². The number of hydrogen-bond donors (Lipinski definition) is 0. The van der Waals surface area contributed by atoms with Crippen molar-refractivity contribution in [3.63, 3.8) is 0 Å². The monoisotopic (exact) mass is 595 g/mol. The number of carbonyl (C=O) groups is 1. The second kappa shape index (κ2) is 12.1. The number of hydrogen-bond acceptors (Lipinski definition) is 5. The van der Waals surface area contributed by atoms with Crippen molar-refractivity contribution in [2.45, 2.75) is 141 Å². The normalized spacial score (nSPS) is 50.5. The van der Waals surface area contributed by atoms with Gasteiger partial charge in [-0.2, -0.15) is 0 Å². The quantitative estimate of drug-likeness (QED) is 0.184. The summed E-state index contributed by atoms with van der Waals surface area (Å²) >= 11 is 0. The number of ether oxygens (including phenoxy) is 2. The molecular formula is C37H57NO5. The molecule has 6 nitrogen and oxygen atoms in total. The van der Waals surface area contributed by atoms with Crippen molar-refractivity contribution in [3.8, 4) is 0 Å². The maximum absolute atomic E-state index is 13.2. The molecule has 0 heterocycles. The first-order valence-electron chi connectivity index (χ1n) is 19.1. The van der Waals surface area contributed by atoms with Gasteiger partial charge in [0.05, 0.1) is 6.61 Å². The summed E-state index contributed by atoms with van der Waals surface area (Å²) in [6, 6.07) is -0.486. The molecule has 0 amide bonds. The Bertz CT molecular complexity index is 970. The Morgan fingerprint density at radius 3 is 1.30 bits per heavy atom. The van der Waals surface area contributed by atoms with E-state index < -0.39 is 12.2 Å². The maximum Gasteiger partial charge on any atom is 0.508 e. The highest BCUT2D eigenvalue weighted by atomic mass is 16.7. The van der Waals surface area contributed by atoms with E-state index in [0.717, 1.165) is 71.0 Å². The van der Waals surface area contributed by atoms with Gasteiger partial charge in [-0.3, -0.25) is 10.1 Å². The summed E-state index contributed by atoms with van der Waals surface area (Å²) in [6.45, 7) is 0.562. The predicted octanol–water partition coefficient (Wildman–Crippen LogP) is 9.07. The summed E-state index contributed by atoms with van der Waals surface area (Å²) < 4.78 is 12.1. The lowest BCUT2D eigenvalue weighted by Gasteiger charge is -2.59. The van der Waals surface area contributed by atoms with Crippen molar-refractivity contribution < 1.29 is 19.2 Å². The number of nitro groups is 1. The lowest BCUT2D eigenvalue weighted by atomic mass is 9.46. The SMILES string of the molecule is O=C(OCC1C2C3CCCCC3C3CCCCC3C2C2C3CCCCC3C3CCCCC3C12)OC1CCC([N+](=O)[O-])CC1. The number of carbonyl (C=O) groups excluding carboxylic acids is 1. The van der Waals surface area contributed by atoms with Gasteiger partial charge >= 0.3 is 6.16 Å². The zero-order chi connectivity index (χ0) is 29.1. The molecule has 0 radical (unpaired) electrons. The maximum atomic E-state index is 13.2. The third-order valence-corrected chi connectivity index (χ3v) is 15.5. The standard InChI is InChI=1S/C37H57NO5/c39-37(43-23-19-17-22(18-20-23)38(40)41)42-21-32-33-28-13-5-1-9-24(28)26-11-3-7-15-30(26)35(33)36-31-16-8-4-12-27(31)25-10-2-6-14-29(25)34(32)36/h22-36H,1-21H2. The molecule has 6 heteroatoms. The fraction of sp³-hybridized carbons (Fsp3) is 0.973. The van der Waals surface area contributed by atoms with Crippen LogP contribution in [0.1, 0.15) is 128 Å². The molecule has 240 valence electrons. The van der Waals surface area contributed by atoms with Crippen molar-refractivity contribution in [1.29, 1.82) is 0 Å². The van der Waals surface area contributed by atoms with Gasteiger partial charge in [-0.1, -0.05) is 51.4 Å². The van der Waals surface area contributed by atoms with Crippen molar-refractivity contribution in [2.24, 2.45) is 76.9 Å². The first-order chi connectivity index (χ1) is 21.1. The van der Waals surface area contributed by atoms with Gasteiger partial charge in [-0.25, -0.2) is 4.79 Å². The van der Waals surface area contributed by atoms with Crippen molar-refractivity contribution in [1.82, 2.24) is 0 Å². The summed E-state index contributed by atoms with van der Waals surface area (Å²) in [5.74, 6) is 11.0. The fourth-order valence-electron chi connectivity index (χ4n) is 14.4. The van der Waals surface area contributed by atoms with Crippen LogP contribution >= 0.6 is 0 Å². The minimum atomic E-state index is -0.498. The second-order valence-electron chi connectivity index (χ2n) is 16.8. The average molecular weight is 596 g/mol. The Morgan fingerprint density at radius 1 is 0.535 bits per heavy atom. The Balaban J connectivity index is 1.09. The van der Waals surface area contributed by atoms with Gasteiger partial charge in [-0.05, 0) is 141 Å². The number of nitrogens with zero attached hydrogens (tertiary/aromatic N) is 1. The molecule has 0 aromatic carbocycles. The van der Waals surface area contributed by atoms with Crippen LogP contribution in [-0.4, -0.2) is 29.8 Å². The lowest BCUT2D eigenvalue weighted by molar-refractivity contribution is -0.527. The van der Waals surface area contributed by atoms with Gasteiger partial charge in [0.15, 0.2) is 0 Å². The summed E-state index contributed by atoms with van der Waals surface area (Å²) in [5, 5.41) is 11.2. The largest absolute Gasteiger partial charge is 0.508 e. The van der Waals surface area contributed by atoms with E-state index in [1.165, 1.54) is 103 Å². The first kappa shape index (κ1) is 29.1. The van der Waals surface area contributed by atoms with E-state index in [4.69, 9.17) is 9.47 Å². The van der Waals surface area contributed by atoms with E-state index in [1.54, 1.807) is 0 Å². The van der Waals surface area contributed by atoms with Crippen molar-refractivity contribution in [2.75, 3.05) is 6.61 Å². The molecule has 0 N–H and O–H groups in total. The molecule has 0 aliphatic heterocycles. The smallest absolute Gasteiger partial charge is 0.434 e. The molecular weight excluding hydrogens is 538 g/mol. The van der Waals surface area contributed by atoms with E-state index in [0.29, 0.717) is 38.2 Å². The minimum Gasteiger partial charge on any atom is -0.434 e. The van der Waals surface area contributed by atoms with Gasteiger partial charge in [0.2, 0.25) is 6.04 Å². The Hall–Kier alpha value is -1.33. The number of rotatable bonds is 4. The molecule has 0 bridgehead atoms. The Morgan fingerprint density at radius 2 is 0.907 bits per heavy atom. The summed E-state index contributed by atoms with van der Waals surface area (Å²) in [6.07, 6.45) is 24.5. The van der Waals surface area contributed by atoms with Gasteiger partial charge in [0.25, 0.3) is 0 Å². The summed E-state index contributed by atoms with van der Waals surface area (Å²) in [7, 11) is 0. The first-order valence-corrected chi connectivity index (χ1v) is 19.1. The van der Waals surface area contributed by atoms with Crippen LogP contribution in [0.5, 0.6) is 0 Å². The molecule has 8 fully saturated rings. The van der Waals surface area contributed by atoms with E-state index in [-0.39, 0.29) is 11.0 Å². The zero-order valence-electron chi connectivity index (χ0n) is 26.5. The molecule has 0 saturated heterocycles. The van der Waals surface area contributed by atoms with Gasteiger partial charge in [-0.15, -0.1) is 0 Å². The van der Waals surface area contributed by atoms with Crippen LogP contribution in [0, 0.1) is 87.0 Å². The summed E-state index contributed by atoms with van der Waals surface area (Å²) in [5.41, 5.74) is 0. The third kappa shape index (κ3) is 5.06. The predicted molar refractivity (Wildman–Crippen MR) is 165 cm³/mol. The minimum absolute atomic E-state index is 0.166. The zero-order valence-corrected chi connectivity index (χ0v) is 26.5. The molecule has 43 heavy (non-hydrogen) atoms. The highest BCUT2D eigenvalue weighted by molar-refractivity contribution is 5.60. The van der Waals surface area contributed by atoms with Crippen LogP contribution in [0.2, 0.25) is 0 Å². The molecule has 8 aliphatic carbocycles. The van der Waals surface area contributed by atoms with E-state index in [9.17, 15) is 14.9 Å². The van der Waals surface area contributed by atoms with E-state index in [2.05, 4.69) is 0 Å². The molecule has 0 aromatic heterocycles. The van der Waals surface area contributed by atoms with E-state index in [1.807, 2.05) is 0 Å². The van der Waals surface area contributed by atoms with Crippen molar-refractivity contribution >= 4 is 6.16 Å². The van der Waals surface area contributed by atoms with Gasteiger partial charge < -0.3 is 9.47 Å². The lowest BCUT2D eigenvalue weighted by Crippen LogP contribution is -2.52. The van der Waals surface area contributed by atoms with Crippen LogP contribution in [0.25, 0.3) is 0 Å². The molecule has 12 unspecified atom stereocenters. The highest BCUT2D eigenvalue weighted by Crippen LogP contribution is 2.72. The van der Waals surface area contributed by atoms with Crippen LogP contribution < -0.4 is 0 Å². The van der Waals surface area contributed by atoms with Crippen molar-refractivity contribution in [3.05, 3.63) is 10.1 Å². The van der Waals surface area contributed by atoms with Gasteiger partial charge in [0, 0.05) is 17.8 Å². The van der Waals surface area contributed by atoms with E-state index >= 15 is 0 Å². The Kier molecular flexibility index (Phi) is 8.20. The molecule has 0 spiro atoms. The molecule has 0 aromatic rings. The molecule has 8 saturated carbocycles. The third-order valence-electron chi connectivity index (χ3n) is 15.5. The van der Waals surface area contributed by atoms with Gasteiger partial charge in [0.1, 0.15) is 6.10 Å². The molecule has 12 atom stereocenters. The topological polar surface area (TPSA) is 78.7 Å². The Labute approximate surface area is 259 Å². The van der Waals surface area contributed by atoms with Crippen LogP contribution in [-0.2, 0) is 9.47 Å². The van der Waals surface area contributed by atoms with Crippen LogP contribution in [0.4, 0.5) is 4.79 Å². The average Bonchev–Trinajstić information content (AvgIpc) is 3.40.